The first-order valence-corrected chi connectivity index (χ1v) is 8.76. The molecular weight excluding hydrogens is 939 g/mol. The van der Waals surface area contributed by atoms with Crippen LogP contribution in [0.2, 0.25) is 0 Å². The van der Waals surface area contributed by atoms with Crippen molar-refractivity contribution in [2.75, 3.05) is 0 Å². The molecule has 0 saturated carbocycles. The van der Waals surface area contributed by atoms with Crippen LogP contribution >= 0.6 is 31.3 Å². The minimum atomic E-state index is -5.39. The molecule has 0 atom stereocenters. The summed E-state index contributed by atoms with van der Waals surface area (Å²) in [5.41, 5.74) is 0. The van der Waals surface area contributed by atoms with Gasteiger partial charge in [0.1, 0.15) is 0 Å². The van der Waals surface area contributed by atoms with Gasteiger partial charge in [0.15, 0.2) is 0 Å². The van der Waals surface area contributed by atoms with E-state index in [1.165, 1.54) is 0 Å². The second-order valence-corrected chi connectivity index (χ2v) is 5.37. The van der Waals surface area contributed by atoms with Crippen molar-refractivity contribution in [2.24, 2.45) is 0 Å². The number of hydrogen-bond acceptors (Lipinski definition) is 16. The van der Waals surface area contributed by atoms with Gasteiger partial charge < -0.3 is 77.0 Å². The molecular formula is O16P4Re3-12. The quantitative estimate of drug-likeness (QED) is 0.204. The van der Waals surface area contributed by atoms with E-state index in [1.54, 1.807) is 0 Å². The SMILES string of the molecule is O=P([O-])([O-])[O-].O=P([O-])([O-])[O-].O=P([O-])([O-])[O-].O=P([O-])([O-])[O-].[Re].[Re].[Re]. The number of phosphoric acid groups is 4. The van der Waals surface area contributed by atoms with E-state index in [-0.39, 0.29) is 61.3 Å². The Labute approximate surface area is 168 Å². The molecule has 23 heavy (non-hydrogen) atoms. The Morgan fingerprint density at radius 2 is 0.304 bits per heavy atom. The minimum Gasteiger partial charge on any atom is -0.822 e. The Bertz CT molecular complexity index is 292. The fraction of sp³-hybridized carbons (Fsp3) is 0. The van der Waals surface area contributed by atoms with E-state index in [9.17, 15) is 0 Å². The molecule has 0 aromatic heterocycles. The summed E-state index contributed by atoms with van der Waals surface area (Å²) >= 11 is 0. The molecule has 0 fully saturated rings. The summed E-state index contributed by atoms with van der Waals surface area (Å²) in [6.07, 6.45) is 0. The van der Waals surface area contributed by atoms with Gasteiger partial charge in [-0.1, -0.05) is 0 Å². The van der Waals surface area contributed by atoms with Gasteiger partial charge >= 0.3 is 0 Å². The van der Waals surface area contributed by atoms with Crippen LogP contribution in [-0.4, -0.2) is 0 Å². The molecule has 23 heteroatoms. The third-order valence-electron chi connectivity index (χ3n) is 0. The van der Waals surface area contributed by atoms with E-state index in [0.29, 0.717) is 0 Å². The third-order valence-corrected chi connectivity index (χ3v) is 0. The summed E-state index contributed by atoms with van der Waals surface area (Å²) < 4.78 is 34.2. The maximum absolute atomic E-state index is 8.55. The van der Waals surface area contributed by atoms with E-state index < -0.39 is 31.3 Å². The Morgan fingerprint density at radius 3 is 0.304 bits per heavy atom. The second kappa shape index (κ2) is 19.2. The van der Waals surface area contributed by atoms with Crippen molar-refractivity contribution in [3.05, 3.63) is 0 Å². The van der Waals surface area contributed by atoms with Crippen LogP contribution in [0.5, 0.6) is 0 Å². The molecule has 0 aliphatic rings. The largest absolute Gasteiger partial charge is 0.822 e. The molecule has 0 saturated heterocycles. The maximum atomic E-state index is 8.55. The molecule has 0 aromatic carbocycles. The van der Waals surface area contributed by atoms with Gasteiger partial charge in [-0.2, -0.15) is 31.3 Å². The van der Waals surface area contributed by atoms with Crippen LogP contribution in [0.1, 0.15) is 0 Å². The number of hydrogen-bond donors (Lipinski definition) is 0. The Hall–Kier alpha value is 2.43. The van der Waals surface area contributed by atoms with Crippen LogP contribution in [0.15, 0.2) is 0 Å². The molecule has 0 heterocycles. The molecule has 0 amide bonds. The Kier molecular flexibility index (Phi) is 37.3. The average Bonchev–Trinajstić information content (AvgIpc) is 1.62. The van der Waals surface area contributed by atoms with Crippen molar-refractivity contribution in [2.45, 2.75) is 0 Å². The molecule has 3 radical (unpaired) electrons. The predicted octanol–water partition coefficient (Wildman–Crippen LogP) is -11.3. The summed E-state index contributed by atoms with van der Waals surface area (Å²) in [5.74, 6) is 0. The van der Waals surface area contributed by atoms with Gasteiger partial charge in [-0.15, -0.1) is 0 Å². The van der Waals surface area contributed by atoms with Crippen molar-refractivity contribution >= 4 is 31.3 Å². The van der Waals surface area contributed by atoms with E-state index in [4.69, 9.17) is 77.0 Å². The van der Waals surface area contributed by atoms with Crippen molar-refractivity contribution < 1.29 is 138 Å². The van der Waals surface area contributed by atoms with Gasteiger partial charge in [0, 0.05) is 61.3 Å². The standard InChI is InChI=1S/4H3O4P.3Re/c4*1-5(2,3)4;;;/h4*(H3,1,2,3,4);;;/p-12. The van der Waals surface area contributed by atoms with Crippen molar-refractivity contribution in [3.8, 4) is 0 Å². The van der Waals surface area contributed by atoms with Crippen molar-refractivity contribution in [1.82, 2.24) is 0 Å². The van der Waals surface area contributed by atoms with Crippen LogP contribution in [0.3, 0.4) is 0 Å². The van der Waals surface area contributed by atoms with Crippen molar-refractivity contribution in [3.63, 3.8) is 0 Å². The summed E-state index contributed by atoms with van der Waals surface area (Å²) in [6.45, 7) is 0. The average molecular weight is 939 g/mol. The smallest absolute Gasteiger partial charge is 0 e. The van der Waals surface area contributed by atoms with E-state index in [2.05, 4.69) is 0 Å². The van der Waals surface area contributed by atoms with Crippen molar-refractivity contribution in [1.29, 1.82) is 0 Å². The molecule has 0 aliphatic heterocycles. The Morgan fingerprint density at radius 1 is 0.304 bits per heavy atom. The number of rotatable bonds is 0. The predicted molar refractivity (Wildman–Crippen MR) is 30.4 cm³/mol. The molecule has 0 spiro atoms. The first-order chi connectivity index (χ1) is 8.00. The van der Waals surface area contributed by atoms with Crippen LogP contribution in [-0.2, 0) is 79.5 Å². The summed E-state index contributed by atoms with van der Waals surface area (Å²) in [6, 6.07) is 0. The fourth-order valence-electron chi connectivity index (χ4n) is 0. The van der Waals surface area contributed by atoms with Gasteiger partial charge in [-0.3, -0.25) is 0 Å². The molecule has 149 valence electrons. The van der Waals surface area contributed by atoms with E-state index in [0.717, 1.165) is 0 Å². The monoisotopic (exact) mass is 941 g/mol. The van der Waals surface area contributed by atoms with Gasteiger partial charge in [-0.25, -0.2) is 0 Å². The second-order valence-electron chi connectivity index (χ2n) is 1.79. The van der Waals surface area contributed by atoms with E-state index >= 15 is 0 Å². The van der Waals surface area contributed by atoms with Crippen LogP contribution in [0.4, 0.5) is 0 Å². The molecule has 16 nitrogen and oxygen atoms in total. The van der Waals surface area contributed by atoms with Crippen LogP contribution in [0.25, 0.3) is 0 Å². The first-order valence-electron chi connectivity index (χ1n) is 2.92. The summed E-state index contributed by atoms with van der Waals surface area (Å²) in [4.78, 5) is 103. The molecule has 0 rings (SSSR count). The fourth-order valence-corrected chi connectivity index (χ4v) is 0. The Balaban J connectivity index is -0.0000000284. The van der Waals surface area contributed by atoms with Gasteiger partial charge in [0.25, 0.3) is 0 Å². The van der Waals surface area contributed by atoms with Crippen LogP contribution < -0.4 is 58.7 Å². The first kappa shape index (κ1) is 44.7. The zero-order valence-corrected chi connectivity index (χ0v) is 21.2. The molecule has 0 aromatic rings. The van der Waals surface area contributed by atoms with E-state index in [1.807, 2.05) is 0 Å². The van der Waals surface area contributed by atoms with Gasteiger partial charge in [-0.05, 0) is 0 Å². The van der Waals surface area contributed by atoms with Gasteiger partial charge in [0.05, 0.1) is 0 Å². The third kappa shape index (κ3) is 2090. The van der Waals surface area contributed by atoms with Gasteiger partial charge in [0.2, 0.25) is 0 Å². The molecule has 0 unspecified atom stereocenters. The minimum absolute atomic E-state index is 0. The topological polar surface area (TPSA) is 345 Å². The molecule has 0 bridgehead atoms. The van der Waals surface area contributed by atoms with Crippen LogP contribution in [0, 0.1) is 0 Å². The zero-order chi connectivity index (χ0) is 18.0. The normalized spacial score (nSPS) is 10.3. The molecule has 0 aliphatic carbocycles. The summed E-state index contributed by atoms with van der Waals surface area (Å²) in [7, 11) is -21.6. The zero-order valence-electron chi connectivity index (χ0n) is 9.45. The summed E-state index contributed by atoms with van der Waals surface area (Å²) in [5, 5.41) is 0. The molecule has 0 N–H and O–H groups in total. The maximum Gasteiger partial charge on any atom is 0 e.